The standard InChI is InChI=1S/C16H26N2/c1-12-13(11-17-14-7-5-6-8-14)9-10-15(18-12)16(2,3)4/h9-10,14,17H,5-8,11H2,1-4H3. The van der Waals surface area contributed by atoms with Crippen LogP contribution >= 0.6 is 0 Å². The predicted molar refractivity (Wildman–Crippen MR) is 76.8 cm³/mol. The third kappa shape index (κ3) is 3.32. The molecule has 1 aromatic heterocycles. The summed E-state index contributed by atoms with van der Waals surface area (Å²) in [5.74, 6) is 0. The van der Waals surface area contributed by atoms with Crippen molar-refractivity contribution in [2.75, 3.05) is 0 Å². The van der Waals surface area contributed by atoms with Crippen LogP contribution in [0.25, 0.3) is 0 Å². The molecule has 0 amide bonds. The highest BCUT2D eigenvalue weighted by Crippen LogP contribution is 2.22. The van der Waals surface area contributed by atoms with Gasteiger partial charge in [0.2, 0.25) is 0 Å². The summed E-state index contributed by atoms with van der Waals surface area (Å²) in [5.41, 5.74) is 3.84. The topological polar surface area (TPSA) is 24.9 Å². The quantitative estimate of drug-likeness (QED) is 0.879. The molecule has 0 aliphatic heterocycles. The molecule has 1 N–H and O–H groups in total. The van der Waals surface area contributed by atoms with E-state index in [4.69, 9.17) is 4.98 Å². The Kier molecular flexibility index (Phi) is 4.06. The van der Waals surface area contributed by atoms with Crippen LogP contribution < -0.4 is 5.32 Å². The Labute approximate surface area is 111 Å². The highest BCUT2D eigenvalue weighted by atomic mass is 14.9. The maximum atomic E-state index is 4.75. The summed E-state index contributed by atoms with van der Waals surface area (Å²) in [4.78, 5) is 4.75. The Balaban J connectivity index is 2.01. The van der Waals surface area contributed by atoms with Crippen molar-refractivity contribution in [2.24, 2.45) is 0 Å². The van der Waals surface area contributed by atoms with Crippen molar-refractivity contribution in [2.45, 2.75) is 71.4 Å². The van der Waals surface area contributed by atoms with E-state index in [1.165, 1.54) is 42.6 Å². The van der Waals surface area contributed by atoms with Crippen LogP contribution in [-0.4, -0.2) is 11.0 Å². The van der Waals surface area contributed by atoms with Gasteiger partial charge in [0, 0.05) is 29.4 Å². The molecular weight excluding hydrogens is 220 g/mol. The monoisotopic (exact) mass is 246 g/mol. The van der Waals surface area contributed by atoms with Crippen LogP contribution in [-0.2, 0) is 12.0 Å². The van der Waals surface area contributed by atoms with Crippen LogP contribution in [0.4, 0.5) is 0 Å². The molecule has 0 spiro atoms. The molecule has 18 heavy (non-hydrogen) atoms. The molecule has 1 heterocycles. The van der Waals surface area contributed by atoms with Crippen LogP contribution in [0.2, 0.25) is 0 Å². The Morgan fingerprint density at radius 1 is 1.22 bits per heavy atom. The van der Waals surface area contributed by atoms with Crippen LogP contribution in [0.5, 0.6) is 0 Å². The molecule has 2 rings (SSSR count). The van der Waals surface area contributed by atoms with E-state index in [0.717, 1.165) is 12.6 Å². The summed E-state index contributed by atoms with van der Waals surface area (Å²) in [5, 5.41) is 3.66. The summed E-state index contributed by atoms with van der Waals surface area (Å²) >= 11 is 0. The second-order valence-corrected chi connectivity index (χ2v) is 6.55. The van der Waals surface area contributed by atoms with Gasteiger partial charge in [-0.2, -0.15) is 0 Å². The minimum absolute atomic E-state index is 0.141. The molecule has 1 aliphatic rings. The summed E-state index contributed by atoms with van der Waals surface area (Å²) in [6.45, 7) is 9.73. The van der Waals surface area contributed by atoms with Crippen molar-refractivity contribution in [1.29, 1.82) is 0 Å². The van der Waals surface area contributed by atoms with Gasteiger partial charge in [-0.15, -0.1) is 0 Å². The minimum atomic E-state index is 0.141. The lowest BCUT2D eigenvalue weighted by Gasteiger charge is -2.20. The van der Waals surface area contributed by atoms with E-state index < -0.39 is 0 Å². The van der Waals surface area contributed by atoms with Crippen LogP contribution in [0.15, 0.2) is 12.1 Å². The van der Waals surface area contributed by atoms with Gasteiger partial charge in [0.25, 0.3) is 0 Å². The van der Waals surface area contributed by atoms with Crippen molar-refractivity contribution in [3.05, 3.63) is 29.1 Å². The van der Waals surface area contributed by atoms with Crippen molar-refractivity contribution >= 4 is 0 Å². The first-order valence-corrected chi connectivity index (χ1v) is 7.17. The van der Waals surface area contributed by atoms with Gasteiger partial charge in [-0.3, -0.25) is 4.98 Å². The van der Waals surface area contributed by atoms with E-state index in [0.29, 0.717) is 0 Å². The Hall–Kier alpha value is -0.890. The van der Waals surface area contributed by atoms with Gasteiger partial charge in [0.1, 0.15) is 0 Å². The average Bonchev–Trinajstić information content (AvgIpc) is 2.79. The van der Waals surface area contributed by atoms with Gasteiger partial charge in [0.15, 0.2) is 0 Å². The molecule has 0 atom stereocenters. The van der Waals surface area contributed by atoms with Gasteiger partial charge in [0.05, 0.1) is 0 Å². The average molecular weight is 246 g/mol. The fourth-order valence-corrected chi connectivity index (χ4v) is 2.58. The molecule has 1 fully saturated rings. The van der Waals surface area contributed by atoms with E-state index in [-0.39, 0.29) is 5.41 Å². The molecule has 100 valence electrons. The maximum Gasteiger partial charge on any atom is 0.0460 e. The number of rotatable bonds is 3. The van der Waals surface area contributed by atoms with E-state index in [1.807, 2.05) is 0 Å². The van der Waals surface area contributed by atoms with E-state index in [1.54, 1.807) is 0 Å². The second kappa shape index (κ2) is 5.40. The van der Waals surface area contributed by atoms with Crippen LogP contribution in [0, 0.1) is 6.92 Å². The van der Waals surface area contributed by atoms with Gasteiger partial charge in [-0.25, -0.2) is 0 Å². The molecule has 1 aromatic rings. The van der Waals surface area contributed by atoms with Crippen LogP contribution in [0.1, 0.15) is 63.4 Å². The molecule has 0 radical (unpaired) electrons. The normalized spacial score (nSPS) is 17.3. The smallest absolute Gasteiger partial charge is 0.0460 e. The van der Waals surface area contributed by atoms with Gasteiger partial charge >= 0.3 is 0 Å². The summed E-state index contributed by atoms with van der Waals surface area (Å²) < 4.78 is 0. The SMILES string of the molecule is Cc1nc(C(C)(C)C)ccc1CNC1CCCC1. The molecule has 1 aliphatic carbocycles. The largest absolute Gasteiger partial charge is 0.310 e. The lowest BCUT2D eigenvalue weighted by atomic mass is 9.91. The molecule has 0 saturated heterocycles. The first-order valence-electron chi connectivity index (χ1n) is 7.17. The Morgan fingerprint density at radius 2 is 1.89 bits per heavy atom. The lowest BCUT2D eigenvalue weighted by Crippen LogP contribution is -2.26. The van der Waals surface area contributed by atoms with Gasteiger partial charge in [-0.05, 0) is 31.4 Å². The molecular formula is C16H26N2. The number of nitrogens with one attached hydrogen (secondary N) is 1. The molecule has 1 saturated carbocycles. The molecule has 0 aromatic carbocycles. The van der Waals surface area contributed by atoms with E-state index >= 15 is 0 Å². The number of hydrogen-bond acceptors (Lipinski definition) is 2. The highest BCUT2D eigenvalue weighted by molar-refractivity contribution is 5.25. The van der Waals surface area contributed by atoms with Gasteiger partial charge < -0.3 is 5.32 Å². The highest BCUT2D eigenvalue weighted by Gasteiger charge is 2.17. The number of aryl methyl sites for hydroxylation is 1. The molecule has 0 bridgehead atoms. The van der Waals surface area contributed by atoms with E-state index in [9.17, 15) is 0 Å². The van der Waals surface area contributed by atoms with Crippen molar-refractivity contribution in [3.63, 3.8) is 0 Å². The minimum Gasteiger partial charge on any atom is -0.310 e. The number of aromatic nitrogens is 1. The zero-order valence-corrected chi connectivity index (χ0v) is 12.2. The second-order valence-electron chi connectivity index (χ2n) is 6.55. The predicted octanol–water partition coefficient (Wildman–Crippen LogP) is 3.72. The lowest BCUT2D eigenvalue weighted by molar-refractivity contribution is 0.520. The van der Waals surface area contributed by atoms with E-state index in [2.05, 4.69) is 45.1 Å². The van der Waals surface area contributed by atoms with Crippen molar-refractivity contribution in [3.8, 4) is 0 Å². The van der Waals surface area contributed by atoms with Gasteiger partial charge in [-0.1, -0.05) is 39.7 Å². The number of hydrogen-bond donors (Lipinski definition) is 1. The Bertz CT molecular complexity index is 398. The third-order valence-electron chi connectivity index (χ3n) is 3.90. The van der Waals surface area contributed by atoms with Crippen molar-refractivity contribution in [1.82, 2.24) is 10.3 Å². The maximum absolute atomic E-state index is 4.75. The molecule has 2 nitrogen and oxygen atoms in total. The third-order valence-corrected chi connectivity index (χ3v) is 3.90. The zero-order chi connectivity index (χ0) is 13.2. The van der Waals surface area contributed by atoms with Crippen molar-refractivity contribution < 1.29 is 0 Å². The fraction of sp³-hybridized carbons (Fsp3) is 0.688. The summed E-state index contributed by atoms with van der Waals surface area (Å²) in [6.07, 6.45) is 5.45. The van der Waals surface area contributed by atoms with Crippen LogP contribution in [0.3, 0.4) is 0 Å². The first-order chi connectivity index (χ1) is 8.47. The first kappa shape index (κ1) is 13.5. The fourth-order valence-electron chi connectivity index (χ4n) is 2.58. The Morgan fingerprint density at radius 3 is 2.44 bits per heavy atom. The molecule has 2 heteroatoms. The number of nitrogens with zero attached hydrogens (tertiary/aromatic N) is 1. The summed E-state index contributed by atoms with van der Waals surface area (Å²) in [7, 11) is 0. The molecule has 0 unspecified atom stereocenters. The zero-order valence-electron chi connectivity index (χ0n) is 12.2. The number of pyridine rings is 1. The summed E-state index contributed by atoms with van der Waals surface area (Å²) in [6, 6.07) is 5.15.